The van der Waals surface area contributed by atoms with Crippen LogP contribution < -0.4 is 10.6 Å². The van der Waals surface area contributed by atoms with Crippen molar-refractivity contribution in [2.75, 3.05) is 13.7 Å². The van der Waals surface area contributed by atoms with E-state index in [0.717, 1.165) is 4.91 Å². The van der Waals surface area contributed by atoms with Crippen molar-refractivity contribution in [1.29, 1.82) is 0 Å². The van der Waals surface area contributed by atoms with Gasteiger partial charge in [0, 0.05) is 23.7 Å². The van der Waals surface area contributed by atoms with Crippen molar-refractivity contribution < 1.29 is 13.9 Å². The maximum Gasteiger partial charge on any atom is 0.305 e. The number of ether oxygens (including phenoxy) is 1. The standard InChI is InChI=1S/C11H17FN2O2S/c1-16-10(15)3-2-8-6-14-11(17-8)9-4-7(12)5-13-9/h6-7,9,11,13-14H,2-5H2,1H3/t7-,9-,11?/m0/s1. The lowest BCUT2D eigenvalue weighted by atomic mass is 10.2. The summed E-state index contributed by atoms with van der Waals surface area (Å²) in [5.41, 5.74) is 0. The zero-order valence-electron chi connectivity index (χ0n) is 9.74. The first-order valence-corrected chi connectivity index (χ1v) is 6.63. The van der Waals surface area contributed by atoms with Gasteiger partial charge in [0.05, 0.1) is 18.9 Å². The van der Waals surface area contributed by atoms with E-state index in [1.54, 1.807) is 11.8 Å². The summed E-state index contributed by atoms with van der Waals surface area (Å²) in [5, 5.41) is 6.58. The van der Waals surface area contributed by atoms with Gasteiger partial charge in [-0.2, -0.15) is 0 Å². The second-order valence-corrected chi connectivity index (χ2v) is 5.51. The van der Waals surface area contributed by atoms with E-state index >= 15 is 0 Å². The Morgan fingerprint density at radius 1 is 1.71 bits per heavy atom. The van der Waals surface area contributed by atoms with E-state index < -0.39 is 6.17 Å². The molecular weight excluding hydrogens is 243 g/mol. The van der Waals surface area contributed by atoms with Crippen LogP contribution in [0.2, 0.25) is 0 Å². The zero-order chi connectivity index (χ0) is 12.3. The Morgan fingerprint density at radius 3 is 3.18 bits per heavy atom. The molecular formula is C11H17FN2O2S. The number of halogens is 1. The van der Waals surface area contributed by atoms with Gasteiger partial charge in [0.25, 0.3) is 0 Å². The first-order chi connectivity index (χ1) is 8.19. The molecule has 3 atom stereocenters. The number of alkyl halides is 1. The van der Waals surface area contributed by atoms with Crippen LogP contribution in [0.1, 0.15) is 19.3 Å². The third-order valence-corrected chi connectivity index (χ3v) is 4.31. The van der Waals surface area contributed by atoms with E-state index in [9.17, 15) is 9.18 Å². The van der Waals surface area contributed by atoms with Crippen LogP contribution in [0.3, 0.4) is 0 Å². The van der Waals surface area contributed by atoms with Gasteiger partial charge in [-0.25, -0.2) is 4.39 Å². The topological polar surface area (TPSA) is 50.4 Å². The quantitative estimate of drug-likeness (QED) is 0.743. The van der Waals surface area contributed by atoms with Crippen LogP contribution in [0.15, 0.2) is 11.1 Å². The van der Waals surface area contributed by atoms with Crippen molar-refractivity contribution in [3.63, 3.8) is 0 Å². The predicted molar refractivity (Wildman–Crippen MR) is 65.2 cm³/mol. The van der Waals surface area contributed by atoms with Crippen LogP contribution in [0.25, 0.3) is 0 Å². The van der Waals surface area contributed by atoms with Crippen LogP contribution in [0.4, 0.5) is 4.39 Å². The van der Waals surface area contributed by atoms with Gasteiger partial charge >= 0.3 is 5.97 Å². The number of carbonyl (C=O) groups is 1. The average molecular weight is 260 g/mol. The summed E-state index contributed by atoms with van der Waals surface area (Å²) >= 11 is 1.68. The summed E-state index contributed by atoms with van der Waals surface area (Å²) in [6.07, 6.45) is 2.83. The summed E-state index contributed by atoms with van der Waals surface area (Å²) in [6, 6.07) is 0.168. The van der Waals surface area contributed by atoms with Gasteiger partial charge in [0.1, 0.15) is 6.17 Å². The SMILES string of the molecule is COC(=O)CCC1=CNC([C@@H]2C[C@H](F)CN2)S1. The average Bonchev–Trinajstić information content (AvgIpc) is 2.94. The molecule has 1 unspecified atom stereocenters. The number of hydrogen-bond donors (Lipinski definition) is 2. The first kappa shape index (κ1) is 12.7. The molecule has 96 valence electrons. The van der Waals surface area contributed by atoms with Gasteiger partial charge in [-0.3, -0.25) is 4.79 Å². The number of esters is 1. The van der Waals surface area contributed by atoms with Crippen LogP contribution in [0, 0.1) is 0 Å². The van der Waals surface area contributed by atoms with Crippen molar-refractivity contribution in [1.82, 2.24) is 10.6 Å². The highest BCUT2D eigenvalue weighted by molar-refractivity contribution is 8.03. The maximum absolute atomic E-state index is 13.0. The Labute approximate surface area is 104 Å². The number of nitrogens with one attached hydrogen (secondary N) is 2. The molecule has 0 spiro atoms. The van der Waals surface area contributed by atoms with Gasteiger partial charge in [-0.1, -0.05) is 0 Å². The fourth-order valence-corrected chi connectivity index (χ4v) is 3.20. The minimum Gasteiger partial charge on any atom is -0.469 e. The second kappa shape index (κ2) is 5.73. The fraction of sp³-hybridized carbons (Fsp3) is 0.727. The predicted octanol–water partition coefficient (Wildman–Crippen LogP) is 1.14. The minimum absolute atomic E-state index is 0.168. The van der Waals surface area contributed by atoms with E-state index in [2.05, 4.69) is 15.4 Å². The molecule has 2 aliphatic rings. The molecule has 2 N–H and O–H groups in total. The molecule has 2 aliphatic heterocycles. The van der Waals surface area contributed by atoms with E-state index in [0.29, 0.717) is 25.8 Å². The first-order valence-electron chi connectivity index (χ1n) is 5.75. The molecule has 0 amide bonds. The molecule has 6 heteroatoms. The van der Waals surface area contributed by atoms with Gasteiger partial charge in [0.15, 0.2) is 0 Å². The summed E-state index contributed by atoms with van der Waals surface area (Å²) in [7, 11) is 1.39. The molecule has 2 heterocycles. The van der Waals surface area contributed by atoms with E-state index in [1.165, 1.54) is 7.11 Å². The fourth-order valence-electron chi connectivity index (χ4n) is 2.01. The molecule has 0 aliphatic carbocycles. The van der Waals surface area contributed by atoms with Crippen LogP contribution >= 0.6 is 11.8 Å². The Bertz CT molecular complexity index is 325. The van der Waals surface area contributed by atoms with E-state index in [1.807, 2.05) is 6.20 Å². The molecule has 0 aromatic rings. The summed E-state index contributed by atoms with van der Waals surface area (Å²) < 4.78 is 17.6. The maximum atomic E-state index is 13.0. The summed E-state index contributed by atoms with van der Waals surface area (Å²) in [6.45, 7) is 0.445. The molecule has 0 aromatic carbocycles. The Kier molecular flexibility index (Phi) is 4.28. The van der Waals surface area contributed by atoms with Crippen molar-refractivity contribution in [3.05, 3.63) is 11.1 Å². The van der Waals surface area contributed by atoms with Crippen LogP contribution in [-0.4, -0.2) is 37.2 Å². The lowest BCUT2D eigenvalue weighted by Gasteiger charge is -2.18. The molecule has 0 radical (unpaired) electrons. The third-order valence-electron chi connectivity index (χ3n) is 2.97. The Hall–Kier alpha value is -0.750. The highest BCUT2D eigenvalue weighted by Gasteiger charge is 2.33. The largest absolute Gasteiger partial charge is 0.469 e. The number of hydrogen-bond acceptors (Lipinski definition) is 5. The number of allylic oxidation sites excluding steroid dienone is 1. The van der Waals surface area contributed by atoms with Crippen molar-refractivity contribution in [2.45, 2.75) is 36.8 Å². The highest BCUT2D eigenvalue weighted by Crippen LogP contribution is 2.33. The normalized spacial score (nSPS) is 32.1. The molecule has 4 nitrogen and oxygen atoms in total. The van der Waals surface area contributed by atoms with Gasteiger partial charge in [0.2, 0.25) is 0 Å². The monoisotopic (exact) mass is 260 g/mol. The lowest BCUT2D eigenvalue weighted by molar-refractivity contribution is -0.140. The van der Waals surface area contributed by atoms with Crippen molar-refractivity contribution in [3.8, 4) is 0 Å². The van der Waals surface area contributed by atoms with E-state index in [-0.39, 0.29) is 17.4 Å². The minimum atomic E-state index is -0.735. The van der Waals surface area contributed by atoms with Gasteiger partial charge < -0.3 is 15.4 Å². The Morgan fingerprint density at radius 2 is 2.53 bits per heavy atom. The van der Waals surface area contributed by atoms with Crippen molar-refractivity contribution >= 4 is 17.7 Å². The lowest BCUT2D eigenvalue weighted by Crippen LogP contribution is -2.38. The van der Waals surface area contributed by atoms with Crippen LogP contribution in [-0.2, 0) is 9.53 Å². The Balaban J connectivity index is 1.73. The summed E-state index contributed by atoms with van der Waals surface area (Å²) in [4.78, 5) is 12.1. The molecule has 17 heavy (non-hydrogen) atoms. The number of thioether (sulfide) groups is 1. The molecule has 0 aromatic heterocycles. The molecule has 1 saturated heterocycles. The molecule has 0 bridgehead atoms. The number of carbonyl (C=O) groups excluding carboxylic acids is 1. The second-order valence-electron chi connectivity index (χ2n) is 4.24. The third kappa shape index (κ3) is 3.35. The number of methoxy groups -OCH3 is 1. The van der Waals surface area contributed by atoms with E-state index in [4.69, 9.17) is 0 Å². The zero-order valence-corrected chi connectivity index (χ0v) is 10.6. The van der Waals surface area contributed by atoms with Crippen LogP contribution in [0.5, 0.6) is 0 Å². The molecule has 0 saturated carbocycles. The number of rotatable bonds is 4. The molecule has 2 rings (SSSR count). The van der Waals surface area contributed by atoms with Gasteiger partial charge in [-0.05, 0) is 12.8 Å². The highest BCUT2D eigenvalue weighted by atomic mass is 32.2. The van der Waals surface area contributed by atoms with Gasteiger partial charge in [-0.15, -0.1) is 11.8 Å². The van der Waals surface area contributed by atoms with Crippen molar-refractivity contribution in [2.24, 2.45) is 0 Å². The smallest absolute Gasteiger partial charge is 0.305 e. The summed E-state index contributed by atoms with van der Waals surface area (Å²) in [5.74, 6) is -0.197. The molecule has 1 fully saturated rings.